The highest BCUT2D eigenvalue weighted by Gasteiger charge is 2.14. The van der Waals surface area contributed by atoms with Gasteiger partial charge < -0.3 is 4.90 Å². The van der Waals surface area contributed by atoms with Crippen LogP contribution in [0.4, 0.5) is 0 Å². The summed E-state index contributed by atoms with van der Waals surface area (Å²) in [5.74, 6) is 0.934. The molecule has 15 heavy (non-hydrogen) atoms. The van der Waals surface area contributed by atoms with Crippen molar-refractivity contribution in [3.63, 3.8) is 0 Å². The molecule has 1 aromatic rings. The van der Waals surface area contributed by atoms with E-state index >= 15 is 0 Å². The normalized spacial score (nSPS) is 15.6. The molecule has 1 fully saturated rings. The smallest absolute Gasteiger partial charge is 0.136 e. The van der Waals surface area contributed by atoms with E-state index in [1.165, 1.54) is 18.4 Å². The molecule has 0 aromatic carbocycles. The second kappa shape index (κ2) is 5.47. The Morgan fingerprint density at radius 2 is 2.27 bits per heavy atom. The fourth-order valence-corrected chi connectivity index (χ4v) is 2.80. The highest BCUT2D eigenvalue weighted by Crippen LogP contribution is 2.19. The summed E-state index contributed by atoms with van der Waals surface area (Å²) in [7, 11) is 0. The molecule has 0 radical (unpaired) electrons. The van der Waals surface area contributed by atoms with E-state index in [9.17, 15) is 0 Å². The van der Waals surface area contributed by atoms with Crippen LogP contribution >= 0.6 is 24.0 Å². The van der Waals surface area contributed by atoms with E-state index in [0.29, 0.717) is 0 Å². The number of hydrogen-bond acceptors (Lipinski definition) is 3. The van der Waals surface area contributed by atoms with Gasteiger partial charge in [0.25, 0.3) is 0 Å². The first-order chi connectivity index (χ1) is 7.36. The molecule has 0 aliphatic carbocycles. The van der Waals surface area contributed by atoms with Gasteiger partial charge in [0.15, 0.2) is 0 Å². The minimum atomic E-state index is 0.934. The van der Waals surface area contributed by atoms with Gasteiger partial charge in [-0.05, 0) is 24.5 Å². The zero-order chi connectivity index (χ0) is 10.5. The van der Waals surface area contributed by atoms with Crippen LogP contribution in [-0.2, 0) is 5.75 Å². The van der Waals surface area contributed by atoms with E-state index in [1.807, 2.05) is 12.3 Å². The summed E-state index contributed by atoms with van der Waals surface area (Å²) in [6, 6.07) is 4.06. The number of aromatic nitrogens is 1. The van der Waals surface area contributed by atoms with Crippen molar-refractivity contribution >= 4 is 28.3 Å². The van der Waals surface area contributed by atoms with Gasteiger partial charge in [-0.15, -0.1) is 0 Å². The van der Waals surface area contributed by atoms with Crippen molar-refractivity contribution in [3.8, 4) is 0 Å². The summed E-state index contributed by atoms with van der Waals surface area (Å²) in [5, 5.41) is 0. The van der Waals surface area contributed by atoms with Gasteiger partial charge in [-0.2, -0.15) is 0 Å². The van der Waals surface area contributed by atoms with Crippen molar-refractivity contribution in [2.24, 2.45) is 0 Å². The summed E-state index contributed by atoms with van der Waals surface area (Å²) in [6.07, 6.45) is 6.27. The van der Waals surface area contributed by atoms with Crippen molar-refractivity contribution in [2.45, 2.75) is 18.6 Å². The van der Waals surface area contributed by atoms with Gasteiger partial charge in [0, 0.05) is 31.2 Å². The zero-order valence-electron chi connectivity index (χ0n) is 8.56. The van der Waals surface area contributed by atoms with E-state index in [4.69, 9.17) is 12.2 Å². The van der Waals surface area contributed by atoms with Crippen LogP contribution in [0.15, 0.2) is 24.5 Å². The Morgan fingerprint density at radius 3 is 2.93 bits per heavy atom. The summed E-state index contributed by atoms with van der Waals surface area (Å²) in [4.78, 5) is 6.39. The topological polar surface area (TPSA) is 16.1 Å². The van der Waals surface area contributed by atoms with Gasteiger partial charge in [0.1, 0.15) is 4.32 Å². The molecule has 2 rings (SSSR count). The number of nitrogens with zero attached hydrogens (tertiary/aromatic N) is 2. The van der Waals surface area contributed by atoms with Crippen LogP contribution in [0, 0.1) is 0 Å². The highest BCUT2D eigenvalue weighted by molar-refractivity contribution is 8.22. The van der Waals surface area contributed by atoms with E-state index in [-0.39, 0.29) is 0 Å². The predicted octanol–water partition coefficient (Wildman–Crippen LogP) is 2.70. The zero-order valence-corrected chi connectivity index (χ0v) is 10.2. The molecule has 1 saturated heterocycles. The van der Waals surface area contributed by atoms with Crippen molar-refractivity contribution < 1.29 is 0 Å². The Morgan fingerprint density at radius 1 is 1.47 bits per heavy atom. The molecule has 0 bridgehead atoms. The molecule has 0 unspecified atom stereocenters. The van der Waals surface area contributed by atoms with E-state index in [1.54, 1.807) is 18.0 Å². The lowest BCUT2D eigenvalue weighted by atomic mass is 10.3. The van der Waals surface area contributed by atoms with Gasteiger partial charge in [0.2, 0.25) is 0 Å². The molecule has 1 aromatic heterocycles. The second-order valence-electron chi connectivity index (χ2n) is 3.61. The Hall–Kier alpha value is -0.610. The van der Waals surface area contributed by atoms with Gasteiger partial charge in [0.05, 0.1) is 0 Å². The molecule has 0 saturated carbocycles. The van der Waals surface area contributed by atoms with Crippen molar-refractivity contribution in [3.05, 3.63) is 30.1 Å². The van der Waals surface area contributed by atoms with Crippen molar-refractivity contribution in [2.75, 3.05) is 13.1 Å². The monoisotopic (exact) mass is 238 g/mol. The highest BCUT2D eigenvalue weighted by atomic mass is 32.2. The third-order valence-electron chi connectivity index (χ3n) is 2.45. The number of thioether (sulfide) groups is 1. The minimum Gasteiger partial charge on any atom is -0.358 e. The molecule has 4 heteroatoms. The van der Waals surface area contributed by atoms with Gasteiger partial charge in [-0.25, -0.2) is 0 Å². The molecule has 0 amide bonds. The number of pyridine rings is 1. The first-order valence-electron chi connectivity index (χ1n) is 5.17. The van der Waals surface area contributed by atoms with Crippen LogP contribution < -0.4 is 0 Å². The third kappa shape index (κ3) is 3.18. The molecule has 1 aliphatic heterocycles. The van der Waals surface area contributed by atoms with E-state index in [0.717, 1.165) is 23.2 Å². The summed E-state index contributed by atoms with van der Waals surface area (Å²) < 4.78 is 1.04. The lowest BCUT2D eigenvalue weighted by Crippen LogP contribution is -2.23. The SMILES string of the molecule is S=C(SCc1cccnc1)N1CCCC1. The summed E-state index contributed by atoms with van der Waals surface area (Å²) >= 11 is 7.13. The number of hydrogen-bond donors (Lipinski definition) is 0. The molecule has 2 nitrogen and oxygen atoms in total. The number of thiocarbonyl (C=S) groups is 1. The largest absolute Gasteiger partial charge is 0.358 e. The number of rotatable bonds is 2. The summed E-state index contributed by atoms with van der Waals surface area (Å²) in [6.45, 7) is 2.28. The second-order valence-corrected chi connectivity index (χ2v) is 5.22. The summed E-state index contributed by atoms with van der Waals surface area (Å²) in [5.41, 5.74) is 1.24. The Balaban J connectivity index is 1.80. The quantitative estimate of drug-likeness (QED) is 0.736. The van der Waals surface area contributed by atoms with E-state index < -0.39 is 0 Å². The van der Waals surface area contributed by atoms with Gasteiger partial charge in [-0.3, -0.25) is 4.98 Å². The molecule has 0 spiro atoms. The Labute approximate surface area is 100 Å². The predicted molar refractivity (Wildman–Crippen MR) is 68.9 cm³/mol. The maximum absolute atomic E-state index is 5.38. The fourth-order valence-electron chi connectivity index (χ4n) is 1.62. The maximum Gasteiger partial charge on any atom is 0.136 e. The molecule has 0 atom stereocenters. The van der Waals surface area contributed by atoms with Gasteiger partial charge in [-0.1, -0.05) is 30.0 Å². The Bertz CT molecular complexity index is 321. The lowest BCUT2D eigenvalue weighted by molar-refractivity contribution is 0.539. The fraction of sp³-hybridized carbons (Fsp3) is 0.455. The average Bonchev–Trinajstić information content (AvgIpc) is 2.81. The van der Waals surface area contributed by atoms with Crippen molar-refractivity contribution in [1.82, 2.24) is 9.88 Å². The molecule has 80 valence electrons. The first kappa shape index (κ1) is 10.9. The molecule has 0 N–H and O–H groups in total. The van der Waals surface area contributed by atoms with E-state index in [2.05, 4.69) is 16.0 Å². The van der Waals surface area contributed by atoms with Crippen LogP contribution in [0.5, 0.6) is 0 Å². The minimum absolute atomic E-state index is 0.934. The van der Waals surface area contributed by atoms with Crippen LogP contribution in [0.25, 0.3) is 0 Å². The molecular formula is C11H14N2S2. The molecule has 1 aliphatic rings. The van der Waals surface area contributed by atoms with Crippen LogP contribution in [0.2, 0.25) is 0 Å². The maximum atomic E-state index is 5.38. The van der Waals surface area contributed by atoms with Gasteiger partial charge >= 0.3 is 0 Å². The lowest BCUT2D eigenvalue weighted by Gasteiger charge is -2.17. The molecule has 2 heterocycles. The van der Waals surface area contributed by atoms with Crippen molar-refractivity contribution in [1.29, 1.82) is 0 Å². The van der Waals surface area contributed by atoms with Crippen LogP contribution in [0.3, 0.4) is 0 Å². The molecular weight excluding hydrogens is 224 g/mol. The average molecular weight is 238 g/mol. The van der Waals surface area contributed by atoms with Crippen LogP contribution in [0.1, 0.15) is 18.4 Å². The Kier molecular flexibility index (Phi) is 3.97. The third-order valence-corrected chi connectivity index (χ3v) is 4.04. The standard InChI is InChI=1S/C11H14N2S2/c14-11(13-6-1-2-7-13)15-9-10-4-3-5-12-8-10/h3-5,8H,1-2,6-7,9H2. The first-order valence-corrected chi connectivity index (χ1v) is 6.56. The van der Waals surface area contributed by atoms with Crippen LogP contribution in [-0.4, -0.2) is 27.3 Å². The number of likely N-dealkylation sites (tertiary alicyclic amines) is 1.